The molecular weight excluding hydrogens is 691 g/mol. The standard InChI is InChI=1S/C55H39NO/c1-55(2)49-34-42(41-28-25-37-15-6-7-16-40(37)33-41)29-31-45(49)46-32-30-43(35-50(46)55)56(52-21-12-19-48-47-18-9-11-22-53(47)57-54(48)52)51-20-10-8-17-44(51)39-26-23-38(24-27-39)36-13-4-3-5-14-36/h3-35H,1-2H3. The molecule has 1 aromatic heterocycles. The molecule has 0 saturated carbocycles. The molecule has 2 nitrogen and oxygen atoms in total. The molecule has 1 aliphatic carbocycles. The summed E-state index contributed by atoms with van der Waals surface area (Å²) in [5, 5.41) is 4.74. The van der Waals surface area contributed by atoms with Crippen LogP contribution < -0.4 is 4.90 Å². The first-order chi connectivity index (χ1) is 28.0. The van der Waals surface area contributed by atoms with Crippen LogP contribution >= 0.6 is 0 Å². The Balaban J connectivity index is 1.07. The lowest BCUT2D eigenvalue weighted by molar-refractivity contribution is 0.660. The summed E-state index contributed by atoms with van der Waals surface area (Å²) in [5.74, 6) is 0. The third kappa shape index (κ3) is 5.40. The topological polar surface area (TPSA) is 16.4 Å². The number of para-hydroxylation sites is 3. The lowest BCUT2D eigenvalue weighted by atomic mass is 9.81. The number of hydrogen-bond acceptors (Lipinski definition) is 2. The molecule has 270 valence electrons. The fraction of sp³-hybridized carbons (Fsp3) is 0.0545. The van der Waals surface area contributed by atoms with Crippen LogP contribution in [0.15, 0.2) is 205 Å². The van der Waals surface area contributed by atoms with Crippen LogP contribution in [0.2, 0.25) is 0 Å². The van der Waals surface area contributed by atoms with Gasteiger partial charge in [0.1, 0.15) is 5.58 Å². The van der Waals surface area contributed by atoms with Crippen molar-refractivity contribution < 1.29 is 4.42 Å². The zero-order chi connectivity index (χ0) is 38.1. The highest BCUT2D eigenvalue weighted by atomic mass is 16.3. The van der Waals surface area contributed by atoms with E-state index in [-0.39, 0.29) is 5.41 Å². The molecular formula is C55H39NO. The van der Waals surface area contributed by atoms with Gasteiger partial charge in [-0.2, -0.15) is 0 Å². The van der Waals surface area contributed by atoms with Crippen molar-refractivity contribution in [2.45, 2.75) is 19.3 Å². The first-order valence-electron chi connectivity index (χ1n) is 19.8. The first-order valence-corrected chi connectivity index (χ1v) is 19.8. The summed E-state index contributed by atoms with van der Waals surface area (Å²) < 4.78 is 6.74. The summed E-state index contributed by atoms with van der Waals surface area (Å²) in [6, 6.07) is 72.6. The molecule has 1 heterocycles. The maximum absolute atomic E-state index is 6.74. The fourth-order valence-electron chi connectivity index (χ4n) is 9.11. The smallest absolute Gasteiger partial charge is 0.159 e. The van der Waals surface area contributed by atoms with Gasteiger partial charge in [-0.3, -0.25) is 0 Å². The van der Waals surface area contributed by atoms with Gasteiger partial charge in [0.25, 0.3) is 0 Å². The third-order valence-corrected chi connectivity index (χ3v) is 12.1. The molecule has 0 N–H and O–H groups in total. The van der Waals surface area contributed by atoms with Crippen molar-refractivity contribution in [3.05, 3.63) is 211 Å². The maximum Gasteiger partial charge on any atom is 0.159 e. The largest absolute Gasteiger partial charge is 0.454 e. The minimum absolute atomic E-state index is 0.225. The second kappa shape index (κ2) is 13.0. The van der Waals surface area contributed by atoms with E-state index in [9.17, 15) is 0 Å². The van der Waals surface area contributed by atoms with Gasteiger partial charge >= 0.3 is 0 Å². The molecule has 2 heteroatoms. The number of hydrogen-bond donors (Lipinski definition) is 0. The number of anilines is 3. The summed E-state index contributed by atoms with van der Waals surface area (Å²) in [7, 11) is 0. The van der Waals surface area contributed by atoms with Gasteiger partial charge in [0.05, 0.1) is 11.4 Å². The molecule has 0 spiro atoms. The molecule has 0 atom stereocenters. The predicted molar refractivity (Wildman–Crippen MR) is 240 cm³/mol. The number of fused-ring (bicyclic) bond motifs is 7. The lowest BCUT2D eigenvalue weighted by Crippen LogP contribution is -2.17. The van der Waals surface area contributed by atoms with Gasteiger partial charge in [0, 0.05) is 27.4 Å². The lowest BCUT2D eigenvalue weighted by Gasteiger charge is -2.30. The normalized spacial score (nSPS) is 12.9. The van der Waals surface area contributed by atoms with Crippen molar-refractivity contribution in [1.82, 2.24) is 0 Å². The minimum atomic E-state index is -0.225. The van der Waals surface area contributed by atoms with E-state index < -0.39 is 0 Å². The molecule has 57 heavy (non-hydrogen) atoms. The third-order valence-electron chi connectivity index (χ3n) is 12.1. The molecule has 0 unspecified atom stereocenters. The quantitative estimate of drug-likeness (QED) is 0.169. The van der Waals surface area contributed by atoms with Crippen molar-refractivity contribution in [1.29, 1.82) is 0 Å². The van der Waals surface area contributed by atoms with Gasteiger partial charge in [-0.1, -0.05) is 172 Å². The van der Waals surface area contributed by atoms with Crippen molar-refractivity contribution in [3.8, 4) is 44.5 Å². The van der Waals surface area contributed by atoms with E-state index in [0.29, 0.717) is 0 Å². The molecule has 11 rings (SSSR count). The van der Waals surface area contributed by atoms with Gasteiger partial charge in [-0.15, -0.1) is 0 Å². The summed E-state index contributed by atoms with van der Waals surface area (Å²) in [5.41, 5.74) is 17.2. The van der Waals surface area contributed by atoms with E-state index in [1.807, 2.05) is 6.07 Å². The number of furan rings is 1. The zero-order valence-electron chi connectivity index (χ0n) is 31.9. The van der Waals surface area contributed by atoms with Crippen LogP contribution in [-0.4, -0.2) is 0 Å². The van der Waals surface area contributed by atoms with Crippen LogP contribution in [0.4, 0.5) is 17.1 Å². The predicted octanol–water partition coefficient (Wildman–Crippen LogP) is 15.5. The maximum atomic E-state index is 6.74. The molecule has 10 aromatic rings. The van der Waals surface area contributed by atoms with Crippen molar-refractivity contribution in [3.63, 3.8) is 0 Å². The second-order valence-corrected chi connectivity index (χ2v) is 15.7. The Labute approximate surface area is 332 Å². The summed E-state index contributed by atoms with van der Waals surface area (Å²) >= 11 is 0. The van der Waals surface area contributed by atoms with Crippen LogP contribution in [-0.2, 0) is 5.41 Å². The van der Waals surface area contributed by atoms with Crippen LogP contribution in [0, 0.1) is 0 Å². The highest BCUT2D eigenvalue weighted by molar-refractivity contribution is 6.11. The van der Waals surface area contributed by atoms with Crippen LogP contribution in [0.1, 0.15) is 25.0 Å². The molecule has 0 amide bonds. The fourth-order valence-corrected chi connectivity index (χ4v) is 9.11. The van der Waals surface area contributed by atoms with Crippen molar-refractivity contribution in [2.75, 3.05) is 4.90 Å². The van der Waals surface area contributed by atoms with E-state index >= 15 is 0 Å². The Morgan fingerprint density at radius 3 is 1.84 bits per heavy atom. The Bertz CT molecular complexity index is 3150. The molecule has 0 bridgehead atoms. The highest BCUT2D eigenvalue weighted by Gasteiger charge is 2.36. The SMILES string of the molecule is CC1(C)c2cc(-c3ccc4ccccc4c3)ccc2-c2ccc(N(c3ccccc3-c3ccc(-c4ccccc4)cc3)c3cccc4c3oc3ccccc34)cc21. The summed E-state index contributed by atoms with van der Waals surface area (Å²) in [6.45, 7) is 4.75. The van der Waals surface area contributed by atoms with Gasteiger partial charge in [0.2, 0.25) is 0 Å². The monoisotopic (exact) mass is 729 g/mol. The average Bonchev–Trinajstić information content (AvgIpc) is 3.76. The molecule has 0 saturated heterocycles. The average molecular weight is 730 g/mol. The molecule has 0 fully saturated rings. The zero-order valence-corrected chi connectivity index (χ0v) is 31.9. The highest BCUT2D eigenvalue weighted by Crippen LogP contribution is 2.53. The van der Waals surface area contributed by atoms with E-state index in [1.54, 1.807) is 0 Å². The number of benzene rings is 9. The van der Waals surface area contributed by atoms with Gasteiger partial charge in [-0.25, -0.2) is 0 Å². The van der Waals surface area contributed by atoms with Gasteiger partial charge in [0.15, 0.2) is 5.58 Å². The van der Waals surface area contributed by atoms with Crippen LogP contribution in [0.3, 0.4) is 0 Å². The summed E-state index contributed by atoms with van der Waals surface area (Å²) in [6.07, 6.45) is 0. The Kier molecular flexibility index (Phi) is 7.55. The molecule has 9 aromatic carbocycles. The second-order valence-electron chi connectivity index (χ2n) is 15.7. The number of rotatable bonds is 6. The molecule has 0 aliphatic heterocycles. The van der Waals surface area contributed by atoms with Gasteiger partial charge in [-0.05, 0) is 103 Å². The summed E-state index contributed by atoms with van der Waals surface area (Å²) in [4.78, 5) is 2.41. The Morgan fingerprint density at radius 1 is 0.386 bits per heavy atom. The van der Waals surface area contributed by atoms with E-state index in [1.165, 1.54) is 55.3 Å². The van der Waals surface area contributed by atoms with Crippen LogP contribution in [0.25, 0.3) is 77.2 Å². The van der Waals surface area contributed by atoms with E-state index in [4.69, 9.17) is 4.42 Å². The van der Waals surface area contributed by atoms with Crippen LogP contribution in [0.5, 0.6) is 0 Å². The molecule has 1 aliphatic rings. The van der Waals surface area contributed by atoms with Crippen molar-refractivity contribution in [2.24, 2.45) is 0 Å². The van der Waals surface area contributed by atoms with E-state index in [2.05, 4.69) is 213 Å². The number of nitrogens with zero attached hydrogens (tertiary/aromatic N) is 1. The van der Waals surface area contributed by atoms with E-state index in [0.717, 1.165) is 50.1 Å². The van der Waals surface area contributed by atoms with Crippen molar-refractivity contribution >= 4 is 49.8 Å². The van der Waals surface area contributed by atoms with Gasteiger partial charge < -0.3 is 9.32 Å². The Morgan fingerprint density at radius 2 is 0.982 bits per heavy atom. The molecule has 0 radical (unpaired) electrons. The first kappa shape index (κ1) is 33.2. The Hall–Kier alpha value is -7.16. The minimum Gasteiger partial charge on any atom is -0.454 e.